The van der Waals surface area contributed by atoms with Crippen LogP contribution in [0.25, 0.3) is 0 Å². The number of nitrogens with zero attached hydrogens (tertiary/aromatic N) is 2. The molecule has 1 fully saturated rings. The van der Waals surface area contributed by atoms with E-state index >= 15 is 0 Å². The Kier molecular flexibility index (Phi) is 7.20. The molecule has 2 aliphatic rings. The van der Waals surface area contributed by atoms with E-state index in [0.717, 1.165) is 10.5 Å². The number of hydrogen-bond donors (Lipinski definition) is 0. The first kappa shape index (κ1) is 25.5. The van der Waals surface area contributed by atoms with Gasteiger partial charge in [0.15, 0.2) is 0 Å². The molecule has 1 spiro atoms. The van der Waals surface area contributed by atoms with Gasteiger partial charge in [0.25, 0.3) is 0 Å². The van der Waals surface area contributed by atoms with Gasteiger partial charge in [-0.3, -0.25) is 10.1 Å². The first-order chi connectivity index (χ1) is 15.9. The van der Waals surface area contributed by atoms with Crippen molar-refractivity contribution in [1.29, 1.82) is 0 Å². The van der Waals surface area contributed by atoms with E-state index in [4.69, 9.17) is 13.9 Å². The van der Waals surface area contributed by atoms with Crippen molar-refractivity contribution >= 4 is 20.5 Å². The summed E-state index contributed by atoms with van der Waals surface area (Å²) in [6.07, 6.45) is 2.80. The molecule has 3 rings (SSSR count). The highest BCUT2D eigenvalue weighted by Gasteiger charge is 2.57. The normalized spacial score (nSPS) is 22.4. The zero-order valence-electron chi connectivity index (χ0n) is 20.3. The van der Waals surface area contributed by atoms with Gasteiger partial charge in [-0.25, -0.2) is 9.59 Å². The van der Waals surface area contributed by atoms with Crippen LogP contribution in [0.1, 0.15) is 39.2 Å². The summed E-state index contributed by atoms with van der Waals surface area (Å²) in [5.41, 5.74) is -0.451. The summed E-state index contributed by atoms with van der Waals surface area (Å²) < 4.78 is 17.2. The van der Waals surface area contributed by atoms with Gasteiger partial charge in [0.2, 0.25) is 14.9 Å². The lowest BCUT2D eigenvalue weighted by molar-refractivity contribution is -0.482. The first-order valence-corrected chi connectivity index (χ1v) is 14.2. The molecule has 2 amide bonds. The molecule has 0 radical (unpaired) electrons. The minimum atomic E-state index is -2.11. The minimum Gasteiger partial charge on any atom is -0.544 e. The van der Waals surface area contributed by atoms with Crippen molar-refractivity contribution in [1.82, 2.24) is 4.90 Å². The monoisotopic (exact) mass is 488 g/mol. The molecule has 1 aliphatic heterocycles. The molecule has 0 N–H and O–H groups in total. The van der Waals surface area contributed by atoms with Gasteiger partial charge in [-0.2, -0.15) is 4.90 Å². The average molecular weight is 489 g/mol. The van der Waals surface area contributed by atoms with Crippen LogP contribution in [0, 0.1) is 10.1 Å². The Morgan fingerprint density at radius 1 is 1.29 bits per heavy atom. The van der Waals surface area contributed by atoms with Gasteiger partial charge in [0, 0.05) is 11.3 Å². The van der Waals surface area contributed by atoms with Crippen LogP contribution in [-0.4, -0.2) is 48.5 Å². The standard InChI is InChI=1S/C24H32N2O7Si/c1-23(2,3)34(4,5)33-19-11-14-24(15-12-19)20(13-16-25(29)30)32-22(28)26(24)21(27)31-17-18-9-7-6-8-10-18/h6-12,14,20H,13,15-17H2,1-5H3/t20-,24?/m1/s1. The molecule has 0 aromatic heterocycles. The highest BCUT2D eigenvalue weighted by Crippen LogP contribution is 2.43. The van der Waals surface area contributed by atoms with Crippen LogP contribution in [-0.2, 0) is 20.5 Å². The van der Waals surface area contributed by atoms with Crippen LogP contribution in [0.3, 0.4) is 0 Å². The summed E-state index contributed by atoms with van der Waals surface area (Å²) in [7, 11) is -2.11. The number of amides is 2. The quantitative estimate of drug-likeness (QED) is 0.287. The SMILES string of the molecule is CC(C)(C)[Si](C)(C)OC1=CCC2(C=C1)[C@@H](CC[N+](=O)[O-])OC(=O)N2C(=O)OCc1ccccc1. The largest absolute Gasteiger partial charge is 0.544 e. The Labute approximate surface area is 200 Å². The number of nitro groups is 1. The number of carbonyl (C=O) groups excluding carboxylic acids is 2. The third-order valence-electron chi connectivity index (χ3n) is 6.71. The highest BCUT2D eigenvalue weighted by molar-refractivity contribution is 6.74. The van der Waals surface area contributed by atoms with Crippen molar-refractivity contribution in [2.45, 2.75) is 70.0 Å². The molecular weight excluding hydrogens is 456 g/mol. The number of allylic oxidation sites excluding steroid dienone is 1. The molecule has 1 heterocycles. The number of hydrogen-bond acceptors (Lipinski definition) is 7. The van der Waals surface area contributed by atoms with Crippen molar-refractivity contribution in [3.05, 3.63) is 70.0 Å². The van der Waals surface area contributed by atoms with Crippen molar-refractivity contribution < 1.29 is 28.4 Å². The summed E-state index contributed by atoms with van der Waals surface area (Å²) >= 11 is 0. The van der Waals surface area contributed by atoms with Gasteiger partial charge < -0.3 is 13.9 Å². The van der Waals surface area contributed by atoms with Gasteiger partial charge in [0.05, 0.1) is 12.2 Å². The summed E-state index contributed by atoms with van der Waals surface area (Å²) in [6, 6.07) is 9.10. The van der Waals surface area contributed by atoms with E-state index in [9.17, 15) is 19.7 Å². The summed E-state index contributed by atoms with van der Waals surface area (Å²) in [6.45, 7) is 10.2. The number of cyclic esters (lactones) is 1. The molecule has 0 bridgehead atoms. The Balaban J connectivity index is 1.83. The third-order valence-corrected chi connectivity index (χ3v) is 11.1. The Hall–Kier alpha value is -3.14. The maximum atomic E-state index is 13.0. The predicted octanol–water partition coefficient (Wildman–Crippen LogP) is 5.42. The molecule has 1 aromatic carbocycles. The maximum absolute atomic E-state index is 13.0. The van der Waals surface area contributed by atoms with Crippen LogP contribution in [0.15, 0.2) is 54.3 Å². The summed E-state index contributed by atoms with van der Waals surface area (Å²) in [5.74, 6) is 0.655. The van der Waals surface area contributed by atoms with E-state index in [0.29, 0.717) is 5.76 Å². The predicted molar refractivity (Wildman–Crippen MR) is 128 cm³/mol. The first-order valence-electron chi connectivity index (χ1n) is 11.3. The second kappa shape index (κ2) is 9.61. The Morgan fingerprint density at radius 2 is 1.97 bits per heavy atom. The number of benzene rings is 1. The Bertz CT molecular complexity index is 1000. The smallest absolute Gasteiger partial charge is 0.420 e. The third kappa shape index (κ3) is 5.32. The fourth-order valence-electron chi connectivity index (χ4n) is 3.70. The van der Waals surface area contributed by atoms with Crippen LogP contribution in [0.4, 0.5) is 9.59 Å². The van der Waals surface area contributed by atoms with Gasteiger partial charge in [0.1, 0.15) is 18.2 Å². The van der Waals surface area contributed by atoms with Gasteiger partial charge in [-0.05, 0) is 35.8 Å². The van der Waals surface area contributed by atoms with Crippen LogP contribution < -0.4 is 0 Å². The zero-order chi connectivity index (χ0) is 25.1. The highest BCUT2D eigenvalue weighted by atomic mass is 28.4. The molecule has 34 heavy (non-hydrogen) atoms. The van der Waals surface area contributed by atoms with E-state index < -0.39 is 43.6 Å². The molecule has 1 unspecified atom stereocenters. The molecule has 0 saturated carbocycles. The van der Waals surface area contributed by atoms with Gasteiger partial charge >= 0.3 is 12.2 Å². The van der Waals surface area contributed by atoms with E-state index in [2.05, 4.69) is 33.9 Å². The van der Waals surface area contributed by atoms with Gasteiger partial charge in [-0.15, -0.1) is 0 Å². The molecule has 1 saturated heterocycles. The van der Waals surface area contributed by atoms with E-state index in [1.54, 1.807) is 24.3 Å². The van der Waals surface area contributed by atoms with E-state index in [-0.39, 0.29) is 24.5 Å². The summed E-state index contributed by atoms with van der Waals surface area (Å²) in [4.78, 5) is 37.2. The molecule has 2 atom stereocenters. The number of ether oxygens (including phenoxy) is 2. The minimum absolute atomic E-state index is 0.00915. The second-order valence-corrected chi connectivity index (χ2v) is 14.8. The average Bonchev–Trinajstić information content (AvgIpc) is 3.03. The maximum Gasteiger partial charge on any atom is 0.420 e. The van der Waals surface area contributed by atoms with Crippen LogP contribution in [0.2, 0.25) is 18.1 Å². The van der Waals surface area contributed by atoms with E-state index in [1.807, 2.05) is 24.3 Å². The summed E-state index contributed by atoms with van der Waals surface area (Å²) in [5, 5.41) is 11.0. The second-order valence-electron chi connectivity index (χ2n) is 10.1. The zero-order valence-corrected chi connectivity index (χ0v) is 21.3. The molecule has 184 valence electrons. The molecule has 10 heteroatoms. The number of rotatable bonds is 7. The number of carbonyl (C=O) groups is 2. The topological polar surface area (TPSA) is 108 Å². The molecule has 1 aromatic rings. The van der Waals surface area contributed by atoms with Crippen LogP contribution in [0.5, 0.6) is 0 Å². The van der Waals surface area contributed by atoms with Crippen molar-refractivity contribution in [2.24, 2.45) is 0 Å². The lowest BCUT2D eigenvalue weighted by atomic mass is 9.83. The van der Waals surface area contributed by atoms with E-state index in [1.165, 1.54) is 0 Å². The Morgan fingerprint density at radius 3 is 2.53 bits per heavy atom. The van der Waals surface area contributed by atoms with Crippen LogP contribution >= 0.6 is 0 Å². The molecule has 1 aliphatic carbocycles. The van der Waals surface area contributed by atoms with Crippen molar-refractivity contribution in [3.8, 4) is 0 Å². The van der Waals surface area contributed by atoms with Crippen molar-refractivity contribution in [2.75, 3.05) is 6.54 Å². The van der Waals surface area contributed by atoms with Gasteiger partial charge in [-0.1, -0.05) is 57.2 Å². The van der Waals surface area contributed by atoms with Crippen molar-refractivity contribution in [3.63, 3.8) is 0 Å². The molecular formula is C24H32N2O7Si. The fraction of sp³-hybridized carbons (Fsp3) is 0.500. The molecule has 9 nitrogen and oxygen atoms in total. The lowest BCUT2D eigenvalue weighted by Crippen LogP contribution is -2.53. The lowest BCUT2D eigenvalue weighted by Gasteiger charge is -2.39. The number of imide groups is 1. The fourth-order valence-corrected chi connectivity index (χ4v) is 4.75.